The van der Waals surface area contributed by atoms with E-state index in [1.807, 2.05) is 61.5 Å². The molecule has 146 valence electrons. The van der Waals surface area contributed by atoms with E-state index >= 15 is 0 Å². The lowest BCUT2D eigenvalue weighted by molar-refractivity contribution is 0.0794. The summed E-state index contributed by atoms with van der Waals surface area (Å²) in [6, 6.07) is 11.6. The number of hydrogen-bond donors (Lipinski definition) is 0. The fourth-order valence-electron chi connectivity index (χ4n) is 3.99. The van der Waals surface area contributed by atoms with Crippen molar-refractivity contribution in [3.8, 4) is 22.5 Å². The van der Waals surface area contributed by atoms with Crippen LogP contribution in [0.1, 0.15) is 28.9 Å². The van der Waals surface area contributed by atoms with Crippen LogP contribution in [0.2, 0.25) is 0 Å². The second kappa shape index (κ2) is 6.84. The molecule has 0 radical (unpaired) electrons. The number of amides is 1. The highest BCUT2D eigenvalue weighted by Crippen LogP contribution is 2.34. The number of carbonyl (C=O) groups excluding carboxylic acids is 1. The molecule has 4 heterocycles. The van der Waals surface area contributed by atoms with Crippen LogP contribution >= 0.6 is 0 Å². The number of nitrogens with zero attached hydrogens (tertiary/aromatic N) is 5. The van der Waals surface area contributed by atoms with Crippen molar-refractivity contribution in [2.75, 3.05) is 13.1 Å². The van der Waals surface area contributed by atoms with E-state index in [-0.39, 0.29) is 5.91 Å². The largest absolute Gasteiger partial charge is 0.339 e. The predicted molar refractivity (Wildman–Crippen MR) is 109 cm³/mol. The molecule has 1 aliphatic heterocycles. The summed E-state index contributed by atoms with van der Waals surface area (Å²) in [7, 11) is 1.87. The Labute approximate surface area is 167 Å². The first-order valence-corrected chi connectivity index (χ1v) is 9.77. The Morgan fingerprint density at radius 1 is 1.14 bits per heavy atom. The van der Waals surface area contributed by atoms with E-state index in [9.17, 15) is 4.79 Å². The number of aromatic nitrogens is 4. The van der Waals surface area contributed by atoms with Gasteiger partial charge in [-0.1, -0.05) is 35.5 Å². The quantitative estimate of drug-likeness (QED) is 0.534. The number of pyridine rings is 1. The Morgan fingerprint density at radius 3 is 2.59 bits per heavy atom. The zero-order chi connectivity index (χ0) is 20.0. The fraction of sp³-hybridized carbons (Fsp3) is 0.273. The number of aryl methyl sites for hydroxylation is 2. The number of hydrogen-bond acceptors (Lipinski definition) is 5. The van der Waals surface area contributed by atoms with Crippen LogP contribution in [0.3, 0.4) is 0 Å². The third-order valence-corrected chi connectivity index (χ3v) is 5.41. The van der Waals surface area contributed by atoms with Crippen LogP contribution in [0.5, 0.6) is 0 Å². The molecule has 3 aromatic heterocycles. The van der Waals surface area contributed by atoms with Crippen LogP contribution in [0.15, 0.2) is 47.1 Å². The van der Waals surface area contributed by atoms with E-state index in [2.05, 4.69) is 15.2 Å². The standard InChI is InChI=1S/C22H21N5O2/c1-14-17(13-26(2)24-14)18-12-16(22(28)27-10-6-7-11-27)19-20(25-29-21(19)23-18)15-8-4-3-5-9-15/h3-5,8-9,12-13H,6-7,10-11H2,1-2H3. The van der Waals surface area contributed by atoms with Gasteiger partial charge in [0.15, 0.2) is 0 Å². The van der Waals surface area contributed by atoms with E-state index in [0.29, 0.717) is 28.1 Å². The van der Waals surface area contributed by atoms with Crippen molar-refractivity contribution in [1.82, 2.24) is 24.8 Å². The third kappa shape index (κ3) is 2.99. The van der Waals surface area contributed by atoms with Crippen LogP contribution in [-0.2, 0) is 7.05 Å². The topological polar surface area (TPSA) is 77.0 Å². The Morgan fingerprint density at radius 2 is 1.90 bits per heavy atom. The molecule has 1 fully saturated rings. The summed E-state index contributed by atoms with van der Waals surface area (Å²) >= 11 is 0. The first-order valence-electron chi connectivity index (χ1n) is 9.77. The van der Waals surface area contributed by atoms with Gasteiger partial charge in [-0.25, -0.2) is 4.98 Å². The molecule has 5 rings (SSSR count). The van der Waals surface area contributed by atoms with Crippen molar-refractivity contribution in [3.05, 3.63) is 53.9 Å². The molecule has 1 aliphatic rings. The minimum absolute atomic E-state index is 0.00178. The summed E-state index contributed by atoms with van der Waals surface area (Å²) in [5.41, 5.74) is 4.88. The molecule has 4 aromatic rings. The molecule has 1 amide bonds. The minimum Gasteiger partial charge on any atom is -0.339 e. The molecule has 0 spiro atoms. The monoisotopic (exact) mass is 387 g/mol. The van der Waals surface area contributed by atoms with Crippen molar-refractivity contribution < 1.29 is 9.32 Å². The van der Waals surface area contributed by atoms with E-state index in [1.165, 1.54) is 0 Å². The molecule has 0 aliphatic carbocycles. The van der Waals surface area contributed by atoms with Crippen LogP contribution in [0.4, 0.5) is 0 Å². The van der Waals surface area contributed by atoms with Crippen LogP contribution < -0.4 is 0 Å². The van der Waals surface area contributed by atoms with Gasteiger partial charge in [-0.05, 0) is 25.8 Å². The maximum absolute atomic E-state index is 13.4. The van der Waals surface area contributed by atoms with Gasteiger partial charge >= 0.3 is 0 Å². The van der Waals surface area contributed by atoms with Crippen LogP contribution in [0, 0.1) is 6.92 Å². The second-order valence-electron chi connectivity index (χ2n) is 7.43. The number of likely N-dealkylation sites (tertiary alicyclic amines) is 1. The van der Waals surface area contributed by atoms with Gasteiger partial charge in [-0.3, -0.25) is 9.48 Å². The van der Waals surface area contributed by atoms with Crippen molar-refractivity contribution >= 4 is 17.0 Å². The van der Waals surface area contributed by atoms with Crippen LogP contribution in [-0.4, -0.2) is 43.8 Å². The summed E-state index contributed by atoms with van der Waals surface area (Å²) in [5.74, 6) is -0.00178. The van der Waals surface area contributed by atoms with Gasteiger partial charge < -0.3 is 9.42 Å². The number of benzene rings is 1. The highest BCUT2D eigenvalue weighted by Gasteiger charge is 2.27. The molecule has 1 saturated heterocycles. The summed E-state index contributed by atoms with van der Waals surface area (Å²) in [6.07, 6.45) is 3.97. The average molecular weight is 387 g/mol. The zero-order valence-corrected chi connectivity index (χ0v) is 16.4. The molecule has 7 heteroatoms. The summed E-state index contributed by atoms with van der Waals surface area (Å²) in [5, 5.41) is 9.34. The molecule has 7 nitrogen and oxygen atoms in total. The van der Waals surface area contributed by atoms with Gasteiger partial charge in [-0.2, -0.15) is 5.10 Å². The molecular weight excluding hydrogens is 366 g/mol. The smallest absolute Gasteiger partial charge is 0.259 e. The molecule has 0 saturated carbocycles. The van der Waals surface area contributed by atoms with Gasteiger partial charge in [0.1, 0.15) is 5.69 Å². The Bertz CT molecular complexity index is 1200. The van der Waals surface area contributed by atoms with Gasteiger partial charge in [0.25, 0.3) is 11.6 Å². The lowest BCUT2D eigenvalue weighted by Crippen LogP contribution is -2.27. The van der Waals surface area contributed by atoms with E-state index < -0.39 is 0 Å². The summed E-state index contributed by atoms with van der Waals surface area (Å²) < 4.78 is 7.35. The number of carbonyl (C=O) groups is 1. The normalized spacial score (nSPS) is 14.1. The molecule has 0 atom stereocenters. The van der Waals surface area contributed by atoms with Crippen molar-refractivity contribution in [2.24, 2.45) is 7.05 Å². The molecule has 0 bridgehead atoms. The molecular formula is C22H21N5O2. The fourth-order valence-corrected chi connectivity index (χ4v) is 3.99. The lowest BCUT2D eigenvalue weighted by atomic mass is 10.0. The Balaban J connectivity index is 1.75. The molecule has 1 aromatic carbocycles. The Kier molecular flexibility index (Phi) is 4.16. The maximum Gasteiger partial charge on any atom is 0.259 e. The van der Waals surface area contributed by atoms with Gasteiger partial charge in [0.05, 0.1) is 22.3 Å². The lowest BCUT2D eigenvalue weighted by Gasteiger charge is -2.16. The van der Waals surface area contributed by atoms with Gasteiger partial charge in [0.2, 0.25) is 0 Å². The minimum atomic E-state index is -0.00178. The molecule has 0 N–H and O–H groups in total. The summed E-state index contributed by atoms with van der Waals surface area (Å²) in [6.45, 7) is 3.48. The second-order valence-corrected chi connectivity index (χ2v) is 7.43. The zero-order valence-electron chi connectivity index (χ0n) is 16.4. The Hall–Kier alpha value is -3.48. The van der Waals surface area contributed by atoms with Gasteiger partial charge in [0, 0.05) is 37.5 Å². The van der Waals surface area contributed by atoms with E-state index in [1.54, 1.807) is 4.68 Å². The van der Waals surface area contributed by atoms with Crippen molar-refractivity contribution in [2.45, 2.75) is 19.8 Å². The molecule has 29 heavy (non-hydrogen) atoms. The number of rotatable bonds is 3. The number of fused-ring (bicyclic) bond motifs is 1. The SMILES string of the molecule is Cc1nn(C)cc1-c1cc(C(=O)N2CCCC2)c2c(-c3ccccc3)noc2n1. The highest BCUT2D eigenvalue weighted by molar-refractivity contribution is 6.10. The van der Waals surface area contributed by atoms with Crippen LogP contribution in [0.25, 0.3) is 33.6 Å². The van der Waals surface area contributed by atoms with Crippen molar-refractivity contribution in [1.29, 1.82) is 0 Å². The van der Waals surface area contributed by atoms with E-state index in [4.69, 9.17) is 4.52 Å². The molecule has 0 unspecified atom stereocenters. The van der Waals surface area contributed by atoms with Crippen molar-refractivity contribution in [3.63, 3.8) is 0 Å². The maximum atomic E-state index is 13.4. The third-order valence-electron chi connectivity index (χ3n) is 5.41. The average Bonchev–Trinajstić information content (AvgIpc) is 3.47. The predicted octanol–water partition coefficient (Wildman–Crippen LogP) is 3.83. The summed E-state index contributed by atoms with van der Waals surface area (Å²) in [4.78, 5) is 20.0. The van der Waals surface area contributed by atoms with E-state index in [0.717, 1.165) is 42.8 Å². The highest BCUT2D eigenvalue weighted by atomic mass is 16.5. The van der Waals surface area contributed by atoms with Gasteiger partial charge in [-0.15, -0.1) is 0 Å². The first-order chi connectivity index (χ1) is 14.1. The first kappa shape index (κ1) is 17.6.